The van der Waals surface area contributed by atoms with Crippen LogP contribution in [0.1, 0.15) is 22.3 Å². The van der Waals surface area contributed by atoms with Gasteiger partial charge in [0.2, 0.25) is 0 Å². The van der Waals surface area contributed by atoms with Gasteiger partial charge in [0.25, 0.3) is 5.91 Å². The molecular weight excluding hydrogens is 303 g/mol. The lowest BCUT2D eigenvalue weighted by Gasteiger charge is -2.32. The Balaban J connectivity index is 2.13. The van der Waals surface area contributed by atoms with Crippen LogP contribution in [0.3, 0.4) is 0 Å². The molecule has 2 rings (SSSR count). The fourth-order valence-electron chi connectivity index (χ4n) is 1.84. The molecule has 120 valence electrons. The number of ether oxygens (including phenoxy) is 1. The van der Waals surface area contributed by atoms with Crippen molar-refractivity contribution in [3.63, 3.8) is 0 Å². The summed E-state index contributed by atoms with van der Waals surface area (Å²) in [6.07, 6.45) is -2.25. The predicted molar refractivity (Wildman–Crippen MR) is 70.2 cm³/mol. The molecule has 0 aromatic carbocycles. The van der Waals surface area contributed by atoms with Crippen molar-refractivity contribution in [2.45, 2.75) is 12.6 Å². The quantitative estimate of drug-likeness (QED) is 0.615. The molecule has 0 saturated carbocycles. The van der Waals surface area contributed by atoms with Gasteiger partial charge in [-0.2, -0.15) is 13.2 Å². The molecule has 0 atom stereocenters. The number of amides is 1. The lowest BCUT2D eigenvalue weighted by atomic mass is 10.1. The number of aromatic nitrogens is 1. The highest BCUT2D eigenvalue weighted by Crippen LogP contribution is 2.32. The molecule has 0 spiro atoms. The molecule has 1 amide bonds. The summed E-state index contributed by atoms with van der Waals surface area (Å²) in [5, 5.41) is 3.73. The van der Waals surface area contributed by atoms with Gasteiger partial charge in [-0.1, -0.05) is 5.16 Å². The molecule has 1 aliphatic heterocycles. The average molecular weight is 317 g/mol. The maximum atomic E-state index is 12.9. The van der Waals surface area contributed by atoms with E-state index in [0.717, 1.165) is 23.4 Å². The van der Waals surface area contributed by atoms with Crippen LogP contribution in [-0.2, 0) is 15.8 Å². The zero-order chi connectivity index (χ0) is 16.2. The van der Waals surface area contributed by atoms with E-state index in [9.17, 15) is 18.0 Å². The molecule has 22 heavy (non-hydrogen) atoms. The Labute approximate surface area is 124 Å². The number of carbonyl (C=O) groups is 1. The van der Waals surface area contributed by atoms with Gasteiger partial charge in [0.15, 0.2) is 5.84 Å². The van der Waals surface area contributed by atoms with Gasteiger partial charge < -0.3 is 9.57 Å². The molecule has 1 fully saturated rings. The maximum absolute atomic E-state index is 12.9. The highest BCUT2D eigenvalue weighted by molar-refractivity contribution is 6.09. The summed E-state index contributed by atoms with van der Waals surface area (Å²) in [4.78, 5) is 21.9. The van der Waals surface area contributed by atoms with Crippen LogP contribution in [0.25, 0.3) is 0 Å². The number of halogens is 3. The SMILES string of the molecule is COCCON=C1CCN1C(=O)c1cnccc1C(F)(F)F. The number of hydrogen-bond acceptors (Lipinski definition) is 5. The van der Waals surface area contributed by atoms with E-state index in [2.05, 4.69) is 10.1 Å². The first-order chi connectivity index (χ1) is 10.4. The number of pyridine rings is 1. The number of amidine groups is 1. The largest absolute Gasteiger partial charge is 0.417 e. The van der Waals surface area contributed by atoms with Gasteiger partial charge >= 0.3 is 6.18 Å². The summed E-state index contributed by atoms with van der Waals surface area (Å²) in [6, 6.07) is 0.777. The lowest BCUT2D eigenvalue weighted by Crippen LogP contribution is -2.48. The van der Waals surface area contributed by atoms with E-state index in [1.807, 2.05) is 0 Å². The maximum Gasteiger partial charge on any atom is 0.417 e. The van der Waals surface area contributed by atoms with Gasteiger partial charge in [0, 0.05) is 32.5 Å². The van der Waals surface area contributed by atoms with Crippen LogP contribution < -0.4 is 0 Å². The number of likely N-dealkylation sites (tertiary alicyclic amines) is 1. The van der Waals surface area contributed by atoms with Gasteiger partial charge in [-0.25, -0.2) is 0 Å². The first kappa shape index (κ1) is 16.2. The molecule has 0 aliphatic carbocycles. The fourth-order valence-corrected chi connectivity index (χ4v) is 1.84. The zero-order valence-electron chi connectivity index (χ0n) is 11.8. The minimum Gasteiger partial charge on any atom is -0.392 e. The monoisotopic (exact) mass is 317 g/mol. The molecule has 2 heterocycles. The molecule has 6 nitrogen and oxygen atoms in total. The van der Waals surface area contributed by atoms with Gasteiger partial charge in [-0.3, -0.25) is 14.7 Å². The molecular formula is C13H14F3N3O3. The smallest absolute Gasteiger partial charge is 0.392 e. The second kappa shape index (κ2) is 6.73. The van der Waals surface area contributed by atoms with Crippen molar-refractivity contribution in [3.8, 4) is 0 Å². The van der Waals surface area contributed by atoms with Crippen molar-refractivity contribution in [2.75, 3.05) is 26.9 Å². The van der Waals surface area contributed by atoms with Crippen LogP contribution >= 0.6 is 0 Å². The summed E-state index contributed by atoms with van der Waals surface area (Å²) in [6.45, 7) is 0.811. The molecule has 0 bridgehead atoms. The summed E-state index contributed by atoms with van der Waals surface area (Å²) in [7, 11) is 1.50. The Morgan fingerprint density at radius 1 is 1.45 bits per heavy atom. The Morgan fingerprint density at radius 3 is 2.82 bits per heavy atom. The first-order valence-corrected chi connectivity index (χ1v) is 6.46. The topological polar surface area (TPSA) is 64.0 Å². The van der Waals surface area contributed by atoms with Crippen molar-refractivity contribution in [1.29, 1.82) is 0 Å². The molecule has 9 heteroatoms. The second-order valence-corrected chi connectivity index (χ2v) is 4.46. The van der Waals surface area contributed by atoms with Crippen molar-refractivity contribution in [2.24, 2.45) is 5.16 Å². The standard InChI is InChI=1S/C13H14F3N3O3/c1-21-6-7-22-18-11-3-5-19(11)12(20)9-8-17-4-2-10(9)13(14,15)16/h2,4,8H,3,5-7H2,1H3. The molecule has 0 N–H and O–H groups in total. The number of oxime groups is 1. The van der Waals surface area contributed by atoms with Crippen LogP contribution in [0.15, 0.2) is 23.6 Å². The first-order valence-electron chi connectivity index (χ1n) is 6.46. The zero-order valence-corrected chi connectivity index (χ0v) is 11.8. The van der Waals surface area contributed by atoms with E-state index in [1.54, 1.807) is 0 Å². The lowest BCUT2D eigenvalue weighted by molar-refractivity contribution is -0.138. The number of rotatable bonds is 5. The van der Waals surface area contributed by atoms with Crippen LogP contribution in [0.5, 0.6) is 0 Å². The fraction of sp³-hybridized carbons (Fsp3) is 0.462. The summed E-state index contributed by atoms with van der Waals surface area (Å²) in [5.41, 5.74) is -1.52. The van der Waals surface area contributed by atoms with E-state index in [0.29, 0.717) is 13.0 Å². The third kappa shape index (κ3) is 3.53. The Morgan fingerprint density at radius 2 is 2.23 bits per heavy atom. The highest BCUT2D eigenvalue weighted by Gasteiger charge is 2.38. The van der Waals surface area contributed by atoms with Crippen LogP contribution in [0, 0.1) is 0 Å². The van der Waals surface area contributed by atoms with Gasteiger partial charge in [0.1, 0.15) is 6.61 Å². The Hall–Kier alpha value is -2.16. The summed E-state index contributed by atoms with van der Waals surface area (Å²) in [5.74, 6) is -0.501. The van der Waals surface area contributed by atoms with Crippen LogP contribution in [0.2, 0.25) is 0 Å². The van der Waals surface area contributed by atoms with Crippen LogP contribution in [-0.4, -0.2) is 48.5 Å². The number of alkyl halides is 3. The highest BCUT2D eigenvalue weighted by atomic mass is 19.4. The number of methoxy groups -OCH3 is 1. The predicted octanol–water partition coefficient (Wildman–Crippen LogP) is 1.92. The van der Waals surface area contributed by atoms with Gasteiger partial charge in [-0.15, -0.1) is 0 Å². The van der Waals surface area contributed by atoms with Gasteiger partial charge in [-0.05, 0) is 6.07 Å². The Kier molecular flexibility index (Phi) is 4.96. The van der Waals surface area contributed by atoms with Crippen LogP contribution in [0.4, 0.5) is 13.2 Å². The molecule has 0 radical (unpaired) electrons. The van der Waals surface area contributed by atoms with Gasteiger partial charge in [0.05, 0.1) is 17.7 Å². The van der Waals surface area contributed by atoms with Crippen molar-refractivity contribution in [1.82, 2.24) is 9.88 Å². The molecule has 1 saturated heterocycles. The minimum atomic E-state index is -4.62. The van der Waals surface area contributed by atoms with E-state index in [1.165, 1.54) is 7.11 Å². The van der Waals surface area contributed by atoms with Crippen molar-refractivity contribution < 1.29 is 27.5 Å². The number of nitrogens with zero attached hydrogens (tertiary/aromatic N) is 3. The van der Waals surface area contributed by atoms with E-state index >= 15 is 0 Å². The second-order valence-electron chi connectivity index (χ2n) is 4.46. The normalized spacial score (nSPS) is 16.5. The van der Waals surface area contributed by atoms with Crippen molar-refractivity contribution >= 4 is 11.7 Å². The molecule has 1 aliphatic rings. The molecule has 1 aromatic heterocycles. The van der Waals surface area contributed by atoms with E-state index in [4.69, 9.17) is 9.57 Å². The molecule has 1 aromatic rings. The minimum absolute atomic E-state index is 0.197. The van der Waals surface area contributed by atoms with E-state index < -0.39 is 23.2 Å². The Bertz CT molecular complexity index is 575. The van der Waals surface area contributed by atoms with Crippen molar-refractivity contribution in [3.05, 3.63) is 29.6 Å². The average Bonchev–Trinajstić information content (AvgIpc) is 2.45. The molecule has 0 unspecified atom stereocenters. The summed E-state index contributed by atoms with van der Waals surface area (Å²) < 4.78 is 43.5. The number of carbonyl (C=O) groups excluding carboxylic acids is 1. The number of hydrogen-bond donors (Lipinski definition) is 0. The third-order valence-electron chi connectivity index (χ3n) is 3.02. The van der Waals surface area contributed by atoms with E-state index in [-0.39, 0.29) is 19.0 Å². The summed E-state index contributed by atoms with van der Waals surface area (Å²) >= 11 is 0. The third-order valence-corrected chi connectivity index (χ3v) is 3.02.